The van der Waals surface area contributed by atoms with E-state index >= 15 is 0 Å². The van der Waals surface area contributed by atoms with Crippen molar-refractivity contribution in [2.24, 2.45) is 0 Å². The molecule has 0 saturated heterocycles. The van der Waals surface area contributed by atoms with Gasteiger partial charge in [-0.15, -0.1) is 0 Å². The van der Waals surface area contributed by atoms with Crippen LogP contribution in [0.15, 0.2) is 23.1 Å². The second-order valence-electron chi connectivity index (χ2n) is 4.23. The van der Waals surface area contributed by atoms with Gasteiger partial charge < -0.3 is 4.74 Å². The van der Waals surface area contributed by atoms with Crippen LogP contribution in [0.4, 0.5) is 0 Å². The Morgan fingerprint density at radius 2 is 1.90 bits per heavy atom. The summed E-state index contributed by atoms with van der Waals surface area (Å²) in [6.07, 6.45) is 0.541. The zero-order chi connectivity index (χ0) is 14.8. The second kappa shape index (κ2) is 5.70. The summed E-state index contributed by atoms with van der Waals surface area (Å²) in [5.41, 5.74) is 0.267. The minimum Gasteiger partial charge on any atom is -0.385 e. The summed E-state index contributed by atoms with van der Waals surface area (Å²) in [6, 6.07) is 3.84. The molecule has 0 spiro atoms. The molecule has 1 aromatic carbocycles. The molecule has 0 fully saturated rings. The highest BCUT2D eigenvalue weighted by atomic mass is 32.2. The summed E-state index contributed by atoms with van der Waals surface area (Å²) in [4.78, 5) is 22.8. The average molecular weight is 298 g/mol. The highest BCUT2D eigenvalue weighted by molar-refractivity contribution is 7.89. The molecule has 1 aromatic rings. The molecule has 0 aromatic heterocycles. The van der Waals surface area contributed by atoms with Gasteiger partial charge in [0.25, 0.3) is 11.8 Å². The quantitative estimate of drug-likeness (QED) is 0.563. The number of hydrogen-bond acceptors (Lipinski definition) is 5. The Morgan fingerprint density at radius 3 is 2.60 bits per heavy atom. The zero-order valence-corrected chi connectivity index (χ0v) is 11.6. The van der Waals surface area contributed by atoms with E-state index in [1.807, 2.05) is 0 Å². The number of ether oxygens (including phenoxy) is 1. The second-order valence-corrected chi connectivity index (χ2v) is 6.00. The van der Waals surface area contributed by atoms with Crippen LogP contribution < -0.4 is 10.0 Å². The standard InChI is InChI=1S/C12H14N2O5S/c1-19-6-2-5-13-20(17,18)8-3-4-9-10(7-8)12(16)14-11(9)15/h3-4,7,13H,2,5-6H2,1H3,(H,14,15,16). The van der Waals surface area contributed by atoms with Gasteiger partial charge in [0.1, 0.15) is 0 Å². The molecule has 2 amide bonds. The van der Waals surface area contributed by atoms with Crippen LogP contribution in [0.2, 0.25) is 0 Å². The van der Waals surface area contributed by atoms with Gasteiger partial charge in [-0.2, -0.15) is 0 Å². The molecule has 1 aliphatic heterocycles. The van der Waals surface area contributed by atoms with Crippen LogP contribution in [0.1, 0.15) is 27.1 Å². The summed E-state index contributed by atoms with van der Waals surface area (Å²) >= 11 is 0. The first-order valence-electron chi connectivity index (χ1n) is 5.94. The number of fused-ring (bicyclic) bond motifs is 1. The van der Waals surface area contributed by atoms with Crippen molar-refractivity contribution in [3.8, 4) is 0 Å². The van der Waals surface area contributed by atoms with Crippen LogP contribution in [0.3, 0.4) is 0 Å². The number of methoxy groups -OCH3 is 1. The maximum absolute atomic E-state index is 12.0. The maximum Gasteiger partial charge on any atom is 0.258 e. The zero-order valence-electron chi connectivity index (χ0n) is 10.8. The summed E-state index contributed by atoms with van der Waals surface area (Å²) in [7, 11) is -2.17. The average Bonchev–Trinajstić information content (AvgIpc) is 2.70. The number of imide groups is 1. The number of sulfonamides is 1. The highest BCUT2D eigenvalue weighted by Gasteiger charge is 2.28. The monoisotopic (exact) mass is 298 g/mol. The van der Waals surface area contributed by atoms with Gasteiger partial charge in [0.05, 0.1) is 16.0 Å². The molecular formula is C12H14N2O5S. The lowest BCUT2D eigenvalue weighted by molar-refractivity contribution is 0.0879. The molecule has 20 heavy (non-hydrogen) atoms. The highest BCUT2D eigenvalue weighted by Crippen LogP contribution is 2.20. The Balaban J connectivity index is 2.19. The molecule has 108 valence electrons. The van der Waals surface area contributed by atoms with Gasteiger partial charge in [0, 0.05) is 20.3 Å². The van der Waals surface area contributed by atoms with Crippen LogP contribution in [0, 0.1) is 0 Å². The number of benzene rings is 1. The molecule has 1 heterocycles. The van der Waals surface area contributed by atoms with Gasteiger partial charge in [-0.1, -0.05) is 0 Å². The van der Waals surface area contributed by atoms with Gasteiger partial charge in [0.15, 0.2) is 0 Å². The molecule has 0 atom stereocenters. The first kappa shape index (κ1) is 14.6. The van der Waals surface area contributed by atoms with Gasteiger partial charge in [-0.05, 0) is 24.6 Å². The molecule has 0 unspecified atom stereocenters. The van der Waals surface area contributed by atoms with Crippen LogP contribution in [0.25, 0.3) is 0 Å². The number of carbonyl (C=O) groups excluding carboxylic acids is 2. The van der Waals surface area contributed by atoms with E-state index in [4.69, 9.17) is 4.74 Å². The Kier molecular flexibility index (Phi) is 4.17. The third kappa shape index (κ3) is 2.87. The minimum absolute atomic E-state index is 0.0430. The van der Waals surface area contributed by atoms with Gasteiger partial charge in [-0.25, -0.2) is 13.1 Å². The predicted octanol–water partition coefficient (Wildman–Crippen LogP) is -0.115. The van der Waals surface area contributed by atoms with Crippen molar-refractivity contribution >= 4 is 21.8 Å². The molecule has 7 nitrogen and oxygen atoms in total. The summed E-state index contributed by atoms with van der Waals surface area (Å²) < 4.78 is 31.3. The van der Waals surface area contributed by atoms with E-state index in [1.54, 1.807) is 0 Å². The van der Waals surface area contributed by atoms with E-state index in [0.29, 0.717) is 13.0 Å². The fourth-order valence-electron chi connectivity index (χ4n) is 1.82. The summed E-state index contributed by atoms with van der Waals surface area (Å²) in [5, 5.41) is 2.11. The SMILES string of the molecule is COCCCNS(=O)(=O)c1ccc2c(c1)C(=O)NC2=O. The molecule has 0 bridgehead atoms. The third-order valence-electron chi connectivity index (χ3n) is 2.83. The Bertz CT molecular complexity index is 654. The molecular weight excluding hydrogens is 284 g/mol. The topological polar surface area (TPSA) is 102 Å². The normalized spacial score (nSPS) is 14.2. The molecule has 0 saturated carbocycles. The van der Waals surface area contributed by atoms with Crippen LogP contribution in [-0.2, 0) is 14.8 Å². The Labute approximate surface area is 116 Å². The van der Waals surface area contributed by atoms with E-state index in [-0.39, 0.29) is 22.6 Å². The number of nitrogens with one attached hydrogen (secondary N) is 2. The van der Waals surface area contributed by atoms with E-state index < -0.39 is 21.8 Å². The number of rotatable bonds is 6. The lowest BCUT2D eigenvalue weighted by Crippen LogP contribution is -2.25. The smallest absolute Gasteiger partial charge is 0.258 e. The van der Waals surface area contributed by atoms with Gasteiger partial charge >= 0.3 is 0 Å². The number of hydrogen-bond donors (Lipinski definition) is 2. The van der Waals surface area contributed by atoms with E-state index in [2.05, 4.69) is 10.0 Å². The minimum atomic E-state index is -3.70. The van der Waals surface area contributed by atoms with Crippen molar-refractivity contribution in [1.82, 2.24) is 10.0 Å². The van der Waals surface area contributed by atoms with Crippen molar-refractivity contribution in [2.75, 3.05) is 20.3 Å². The van der Waals surface area contributed by atoms with Crippen molar-refractivity contribution in [1.29, 1.82) is 0 Å². The number of carbonyl (C=O) groups is 2. The van der Waals surface area contributed by atoms with Crippen LogP contribution >= 0.6 is 0 Å². The predicted molar refractivity (Wildman–Crippen MR) is 69.9 cm³/mol. The maximum atomic E-state index is 12.0. The molecule has 0 radical (unpaired) electrons. The summed E-state index contributed by atoms with van der Waals surface area (Å²) in [6.45, 7) is 0.683. The fourth-order valence-corrected chi connectivity index (χ4v) is 2.92. The molecule has 0 aliphatic carbocycles. The Hall–Kier alpha value is -1.77. The van der Waals surface area contributed by atoms with Gasteiger partial charge in [0.2, 0.25) is 10.0 Å². The number of amides is 2. The van der Waals surface area contributed by atoms with E-state index in [9.17, 15) is 18.0 Å². The van der Waals surface area contributed by atoms with Crippen molar-refractivity contribution in [2.45, 2.75) is 11.3 Å². The van der Waals surface area contributed by atoms with Crippen molar-refractivity contribution < 1.29 is 22.7 Å². The molecule has 2 N–H and O–H groups in total. The molecule has 1 aliphatic rings. The van der Waals surface area contributed by atoms with Crippen molar-refractivity contribution in [3.63, 3.8) is 0 Å². The largest absolute Gasteiger partial charge is 0.385 e. The molecule has 2 rings (SSSR count). The third-order valence-corrected chi connectivity index (χ3v) is 4.29. The summed E-state index contributed by atoms with van der Waals surface area (Å²) in [5.74, 6) is -1.09. The first-order chi connectivity index (χ1) is 9.45. The van der Waals surface area contributed by atoms with Gasteiger partial charge in [-0.3, -0.25) is 14.9 Å². The first-order valence-corrected chi connectivity index (χ1v) is 7.42. The van der Waals surface area contributed by atoms with Crippen LogP contribution in [0.5, 0.6) is 0 Å². The fraction of sp³-hybridized carbons (Fsp3) is 0.333. The van der Waals surface area contributed by atoms with E-state index in [0.717, 1.165) is 0 Å². The van der Waals surface area contributed by atoms with Crippen LogP contribution in [-0.4, -0.2) is 40.5 Å². The molecule has 8 heteroatoms. The Morgan fingerprint density at radius 1 is 1.20 bits per heavy atom. The lowest BCUT2D eigenvalue weighted by Gasteiger charge is -2.07. The van der Waals surface area contributed by atoms with Crippen molar-refractivity contribution in [3.05, 3.63) is 29.3 Å². The lowest BCUT2D eigenvalue weighted by atomic mass is 10.1. The van der Waals surface area contributed by atoms with E-state index in [1.165, 1.54) is 25.3 Å².